The monoisotopic (exact) mass is 175 g/mol. The van der Waals surface area contributed by atoms with Crippen molar-refractivity contribution in [2.45, 2.75) is 18.9 Å². The highest BCUT2D eigenvalue weighted by Crippen LogP contribution is 2.06. The zero-order valence-corrected chi connectivity index (χ0v) is 7.95. The van der Waals surface area contributed by atoms with Crippen LogP contribution in [0.5, 0.6) is 0 Å². The van der Waals surface area contributed by atoms with Gasteiger partial charge in [0.15, 0.2) is 0 Å². The summed E-state index contributed by atoms with van der Waals surface area (Å²) in [5, 5.41) is 3.33. The van der Waals surface area contributed by atoms with Crippen LogP contribution >= 0.6 is 11.8 Å². The van der Waals surface area contributed by atoms with E-state index in [9.17, 15) is 0 Å². The number of hydrogen-bond acceptors (Lipinski definition) is 3. The van der Waals surface area contributed by atoms with Crippen molar-refractivity contribution in [2.24, 2.45) is 0 Å². The first kappa shape index (κ1) is 9.36. The fraction of sp³-hybridized carbons (Fsp3) is 1.00. The molecule has 1 rings (SSSR count). The quantitative estimate of drug-likeness (QED) is 0.647. The highest BCUT2D eigenvalue weighted by Gasteiger charge is 2.11. The Morgan fingerprint density at radius 3 is 3.18 bits per heavy atom. The molecule has 0 spiro atoms. The van der Waals surface area contributed by atoms with Gasteiger partial charge in [-0.15, -0.1) is 0 Å². The Morgan fingerprint density at radius 2 is 2.55 bits per heavy atom. The van der Waals surface area contributed by atoms with E-state index in [-0.39, 0.29) is 0 Å². The number of piperidine rings is 1. The first-order valence-corrected chi connectivity index (χ1v) is 5.64. The van der Waals surface area contributed by atoms with Crippen molar-refractivity contribution in [2.75, 3.05) is 31.7 Å². The fourth-order valence-corrected chi connectivity index (χ4v) is 1.52. The number of rotatable bonds is 4. The highest BCUT2D eigenvalue weighted by atomic mass is 32.2. The second-order valence-corrected chi connectivity index (χ2v) is 3.82. The van der Waals surface area contributed by atoms with Crippen LogP contribution in [0.2, 0.25) is 0 Å². The molecule has 0 saturated carbocycles. The van der Waals surface area contributed by atoms with Gasteiger partial charge in [-0.2, -0.15) is 11.8 Å². The van der Waals surface area contributed by atoms with E-state index < -0.39 is 0 Å². The minimum Gasteiger partial charge on any atom is -0.376 e. The summed E-state index contributed by atoms with van der Waals surface area (Å²) >= 11 is 1.84. The minimum absolute atomic E-state index is 0.482. The predicted octanol–water partition coefficient (Wildman–Crippen LogP) is 1.12. The molecule has 11 heavy (non-hydrogen) atoms. The van der Waals surface area contributed by atoms with Crippen molar-refractivity contribution in [1.82, 2.24) is 5.32 Å². The lowest BCUT2D eigenvalue weighted by Gasteiger charge is -2.22. The average molecular weight is 175 g/mol. The van der Waals surface area contributed by atoms with E-state index in [1.54, 1.807) is 0 Å². The topological polar surface area (TPSA) is 21.3 Å². The highest BCUT2D eigenvalue weighted by molar-refractivity contribution is 7.98. The van der Waals surface area contributed by atoms with Gasteiger partial charge in [0.05, 0.1) is 12.7 Å². The number of ether oxygens (including phenoxy) is 1. The summed E-state index contributed by atoms with van der Waals surface area (Å²) in [5.41, 5.74) is 0. The predicted molar refractivity (Wildman–Crippen MR) is 50.2 cm³/mol. The molecule has 1 aliphatic rings. The largest absolute Gasteiger partial charge is 0.376 e. The van der Waals surface area contributed by atoms with Gasteiger partial charge in [-0.25, -0.2) is 0 Å². The maximum absolute atomic E-state index is 5.64. The maximum Gasteiger partial charge on any atom is 0.0700 e. The summed E-state index contributed by atoms with van der Waals surface area (Å²) in [7, 11) is 0. The standard InChI is InChI=1S/C8H17NOS/c1-11-6-5-10-8-3-2-4-9-7-8/h8-9H,2-7H2,1H3. The lowest BCUT2D eigenvalue weighted by molar-refractivity contribution is 0.0475. The zero-order chi connectivity index (χ0) is 7.94. The summed E-state index contributed by atoms with van der Waals surface area (Å²) < 4.78 is 5.64. The zero-order valence-electron chi connectivity index (χ0n) is 7.14. The molecule has 1 atom stereocenters. The van der Waals surface area contributed by atoms with Crippen LogP contribution in [0.25, 0.3) is 0 Å². The van der Waals surface area contributed by atoms with Crippen molar-refractivity contribution in [3.63, 3.8) is 0 Å². The molecule has 66 valence electrons. The fourth-order valence-electron chi connectivity index (χ4n) is 1.26. The van der Waals surface area contributed by atoms with Crippen molar-refractivity contribution < 1.29 is 4.74 Å². The van der Waals surface area contributed by atoms with Gasteiger partial charge in [0, 0.05) is 12.3 Å². The molecular weight excluding hydrogens is 158 g/mol. The van der Waals surface area contributed by atoms with Crippen LogP contribution in [0, 0.1) is 0 Å². The Balaban J connectivity index is 1.96. The first-order valence-electron chi connectivity index (χ1n) is 4.24. The molecule has 1 unspecified atom stereocenters. The number of hydrogen-bond donors (Lipinski definition) is 1. The van der Waals surface area contributed by atoms with Crippen LogP contribution in [-0.4, -0.2) is 37.8 Å². The summed E-state index contributed by atoms with van der Waals surface area (Å²) in [4.78, 5) is 0. The van der Waals surface area contributed by atoms with Gasteiger partial charge in [0.2, 0.25) is 0 Å². The molecule has 1 fully saturated rings. The molecule has 0 aromatic carbocycles. The van der Waals surface area contributed by atoms with E-state index in [2.05, 4.69) is 11.6 Å². The molecule has 0 aromatic rings. The SMILES string of the molecule is CSCCOC1CCCNC1. The molecule has 0 bridgehead atoms. The van der Waals surface area contributed by atoms with E-state index in [4.69, 9.17) is 4.74 Å². The molecule has 3 heteroatoms. The second-order valence-electron chi connectivity index (χ2n) is 2.83. The molecule has 0 aromatic heterocycles. The van der Waals surface area contributed by atoms with Crippen LogP contribution in [0.1, 0.15) is 12.8 Å². The van der Waals surface area contributed by atoms with Crippen LogP contribution in [0.3, 0.4) is 0 Å². The molecule has 1 aliphatic heterocycles. The van der Waals surface area contributed by atoms with E-state index in [1.807, 2.05) is 11.8 Å². The Labute approximate surface area is 73.1 Å². The third-order valence-corrected chi connectivity index (χ3v) is 2.47. The van der Waals surface area contributed by atoms with E-state index in [1.165, 1.54) is 19.4 Å². The number of nitrogens with one attached hydrogen (secondary N) is 1. The maximum atomic E-state index is 5.64. The van der Waals surface area contributed by atoms with Gasteiger partial charge in [0.1, 0.15) is 0 Å². The van der Waals surface area contributed by atoms with E-state index >= 15 is 0 Å². The normalized spacial score (nSPS) is 25.4. The molecular formula is C8H17NOS. The third-order valence-electron chi connectivity index (χ3n) is 1.89. The molecule has 0 radical (unpaired) electrons. The second kappa shape index (κ2) is 5.86. The Hall–Kier alpha value is 0.270. The van der Waals surface area contributed by atoms with Crippen molar-refractivity contribution in [1.29, 1.82) is 0 Å². The first-order chi connectivity index (χ1) is 5.43. The smallest absolute Gasteiger partial charge is 0.0700 e. The van der Waals surface area contributed by atoms with Crippen LogP contribution in [0.15, 0.2) is 0 Å². The van der Waals surface area contributed by atoms with Crippen LogP contribution in [0.4, 0.5) is 0 Å². The van der Waals surface area contributed by atoms with Gasteiger partial charge in [-0.05, 0) is 25.6 Å². The van der Waals surface area contributed by atoms with Gasteiger partial charge in [0.25, 0.3) is 0 Å². The summed E-state index contributed by atoms with van der Waals surface area (Å²) in [5.74, 6) is 1.12. The number of thioether (sulfide) groups is 1. The van der Waals surface area contributed by atoms with Crippen LogP contribution < -0.4 is 5.32 Å². The Kier molecular flexibility index (Phi) is 4.99. The summed E-state index contributed by atoms with van der Waals surface area (Å²) in [6, 6.07) is 0. The molecule has 1 heterocycles. The van der Waals surface area contributed by atoms with Gasteiger partial charge in [-0.1, -0.05) is 0 Å². The lowest BCUT2D eigenvalue weighted by Crippen LogP contribution is -2.35. The Morgan fingerprint density at radius 1 is 1.64 bits per heavy atom. The van der Waals surface area contributed by atoms with Crippen molar-refractivity contribution >= 4 is 11.8 Å². The Bertz CT molecular complexity index is 94.1. The summed E-state index contributed by atoms with van der Waals surface area (Å²) in [6.45, 7) is 3.13. The van der Waals surface area contributed by atoms with Crippen LogP contribution in [-0.2, 0) is 4.74 Å². The minimum atomic E-state index is 0.482. The molecule has 0 aliphatic carbocycles. The lowest BCUT2D eigenvalue weighted by atomic mass is 10.1. The van der Waals surface area contributed by atoms with E-state index in [0.29, 0.717) is 6.10 Å². The van der Waals surface area contributed by atoms with Crippen molar-refractivity contribution in [3.05, 3.63) is 0 Å². The van der Waals surface area contributed by atoms with E-state index in [0.717, 1.165) is 18.9 Å². The average Bonchev–Trinajstić information content (AvgIpc) is 2.07. The molecule has 0 amide bonds. The molecule has 2 nitrogen and oxygen atoms in total. The molecule has 1 saturated heterocycles. The van der Waals surface area contributed by atoms with Gasteiger partial charge >= 0.3 is 0 Å². The third kappa shape index (κ3) is 3.99. The van der Waals surface area contributed by atoms with Gasteiger partial charge in [-0.3, -0.25) is 0 Å². The van der Waals surface area contributed by atoms with Crippen molar-refractivity contribution in [3.8, 4) is 0 Å². The van der Waals surface area contributed by atoms with Gasteiger partial charge < -0.3 is 10.1 Å². The molecule has 1 N–H and O–H groups in total. The summed E-state index contributed by atoms with van der Waals surface area (Å²) in [6.07, 6.45) is 5.10.